The summed E-state index contributed by atoms with van der Waals surface area (Å²) in [6.45, 7) is 1.69. The van der Waals surface area contributed by atoms with E-state index in [1.54, 1.807) is 6.20 Å². The molecule has 0 radical (unpaired) electrons. The summed E-state index contributed by atoms with van der Waals surface area (Å²) in [7, 11) is 0. The summed E-state index contributed by atoms with van der Waals surface area (Å²) in [5.41, 5.74) is 2.65. The molecule has 0 unspecified atom stereocenters. The lowest BCUT2D eigenvalue weighted by atomic mass is 9.77. The molecule has 29 heavy (non-hydrogen) atoms. The molecule has 144 valence electrons. The van der Waals surface area contributed by atoms with Crippen molar-refractivity contribution in [1.29, 1.82) is 0 Å². The van der Waals surface area contributed by atoms with E-state index < -0.39 is 5.41 Å². The van der Waals surface area contributed by atoms with Gasteiger partial charge >= 0.3 is 0 Å². The normalized spacial score (nSPS) is 21.1. The number of carbonyl (C=O) groups excluding carboxylic acids is 1. The minimum atomic E-state index is -0.878. The third kappa shape index (κ3) is 2.23. The zero-order valence-electron chi connectivity index (χ0n) is 15.6. The molecule has 3 aromatic rings. The molecule has 0 bridgehead atoms. The number of anilines is 1. The summed E-state index contributed by atoms with van der Waals surface area (Å²) >= 11 is 0. The standard InChI is InChI=1S/C23H18N2O4/c26-22-23(14-29-19-12-21-20(11-17(19)23)27-9-10-28-21)16-6-1-2-7-18(16)25(22)13-15-5-3-4-8-24-15/h1-8,11-12H,9-10,13-14H2/t23-/m0/s1. The molecule has 6 nitrogen and oxygen atoms in total. The minimum Gasteiger partial charge on any atom is -0.491 e. The zero-order chi connectivity index (χ0) is 19.4. The largest absolute Gasteiger partial charge is 0.491 e. The highest BCUT2D eigenvalue weighted by Gasteiger charge is 2.57. The third-order valence-electron chi connectivity index (χ3n) is 5.86. The number of benzene rings is 2. The van der Waals surface area contributed by atoms with Crippen LogP contribution in [0.4, 0.5) is 5.69 Å². The van der Waals surface area contributed by atoms with Gasteiger partial charge in [-0.1, -0.05) is 24.3 Å². The molecular formula is C23H18N2O4. The van der Waals surface area contributed by atoms with Crippen LogP contribution in [-0.4, -0.2) is 30.7 Å². The van der Waals surface area contributed by atoms with Crippen LogP contribution >= 0.6 is 0 Å². The van der Waals surface area contributed by atoms with E-state index in [0.29, 0.717) is 37.0 Å². The number of fused-ring (bicyclic) bond motifs is 5. The van der Waals surface area contributed by atoms with Crippen molar-refractivity contribution in [3.8, 4) is 17.2 Å². The first kappa shape index (κ1) is 16.4. The Morgan fingerprint density at radius 3 is 2.52 bits per heavy atom. The van der Waals surface area contributed by atoms with Crippen molar-refractivity contribution in [2.24, 2.45) is 0 Å². The highest BCUT2D eigenvalue weighted by atomic mass is 16.6. The fourth-order valence-corrected chi connectivity index (χ4v) is 4.52. The Hall–Kier alpha value is -3.54. The molecular weight excluding hydrogens is 368 g/mol. The van der Waals surface area contributed by atoms with Gasteiger partial charge in [0.05, 0.1) is 12.2 Å². The number of pyridine rings is 1. The topological polar surface area (TPSA) is 60.9 Å². The molecule has 1 atom stereocenters. The number of hydrogen-bond acceptors (Lipinski definition) is 5. The maximum atomic E-state index is 13.9. The third-order valence-corrected chi connectivity index (χ3v) is 5.86. The molecule has 6 heteroatoms. The lowest BCUT2D eigenvalue weighted by Crippen LogP contribution is -2.42. The lowest BCUT2D eigenvalue weighted by molar-refractivity contribution is -0.122. The van der Waals surface area contributed by atoms with E-state index in [-0.39, 0.29) is 12.5 Å². The molecule has 2 aromatic carbocycles. The molecule has 1 aromatic heterocycles. The SMILES string of the molecule is O=C1N(Cc2ccccn2)c2ccccc2[C@]12COc1cc3c(cc12)OCCO3. The molecule has 0 saturated heterocycles. The average molecular weight is 386 g/mol. The Morgan fingerprint density at radius 2 is 1.69 bits per heavy atom. The second-order valence-corrected chi connectivity index (χ2v) is 7.42. The number of rotatable bonds is 2. The zero-order valence-corrected chi connectivity index (χ0v) is 15.6. The van der Waals surface area contributed by atoms with Crippen LogP contribution in [-0.2, 0) is 16.8 Å². The Labute approximate surface area is 167 Å². The quantitative estimate of drug-likeness (QED) is 0.677. The van der Waals surface area contributed by atoms with Gasteiger partial charge in [-0.15, -0.1) is 0 Å². The van der Waals surface area contributed by atoms with Crippen LogP contribution in [0.15, 0.2) is 60.8 Å². The van der Waals surface area contributed by atoms with Crippen molar-refractivity contribution in [1.82, 2.24) is 4.98 Å². The van der Waals surface area contributed by atoms with Gasteiger partial charge in [-0.25, -0.2) is 0 Å². The first-order valence-corrected chi connectivity index (χ1v) is 9.66. The minimum absolute atomic E-state index is 0.000203. The number of carbonyl (C=O) groups is 1. The van der Waals surface area contributed by atoms with Gasteiger partial charge in [0.25, 0.3) is 0 Å². The van der Waals surface area contributed by atoms with Crippen LogP contribution in [0.3, 0.4) is 0 Å². The number of amides is 1. The van der Waals surface area contributed by atoms with Gasteiger partial charge in [0, 0.05) is 23.5 Å². The Kier molecular flexibility index (Phi) is 3.38. The summed E-state index contributed by atoms with van der Waals surface area (Å²) in [5.74, 6) is 2.00. The number of para-hydroxylation sites is 1. The molecule has 3 aliphatic rings. The van der Waals surface area contributed by atoms with E-state index in [1.165, 1.54) is 0 Å². The molecule has 0 aliphatic carbocycles. The maximum Gasteiger partial charge on any atom is 0.246 e. The first-order valence-electron chi connectivity index (χ1n) is 9.66. The molecule has 0 N–H and O–H groups in total. The molecule has 1 spiro atoms. The fourth-order valence-electron chi connectivity index (χ4n) is 4.52. The molecule has 0 fully saturated rings. The highest BCUT2D eigenvalue weighted by molar-refractivity contribution is 6.11. The van der Waals surface area contributed by atoms with Crippen molar-refractivity contribution in [3.05, 3.63) is 77.6 Å². The van der Waals surface area contributed by atoms with Crippen LogP contribution in [0, 0.1) is 0 Å². The Balaban J connectivity index is 1.51. The molecule has 0 saturated carbocycles. The van der Waals surface area contributed by atoms with Gasteiger partial charge in [-0.05, 0) is 29.8 Å². The van der Waals surface area contributed by atoms with Gasteiger partial charge in [0.1, 0.15) is 31.0 Å². The van der Waals surface area contributed by atoms with Crippen LogP contribution < -0.4 is 19.1 Å². The summed E-state index contributed by atoms with van der Waals surface area (Å²) in [4.78, 5) is 20.1. The first-order chi connectivity index (χ1) is 14.3. The van der Waals surface area contributed by atoms with Crippen molar-refractivity contribution < 1.29 is 19.0 Å². The van der Waals surface area contributed by atoms with E-state index in [1.807, 2.05) is 59.5 Å². The maximum absolute atomic E-state index is 13.9. The molecule has 3 aliphatic heterocycles. The van der Waals surface area contributed by atoms with Crippen LogP contribution in [0.2, 0.25) is 0 Å². The Morgan fingerprint density at radius 1 is 0.897 bits per heavy atom. The highest BCUT2D eigenvalue weighted by Crippen LogP contribution is 2.54. The van der Waals surface area contributed by atoms with Crippen molar-refractivity contribution in [2.45, 2.75) is 12.0 Å². The summed E-state index contributed by atoms with van der Waals surface area (Å²) in [6, 6.07) is 17.4. The molecule has 6 rings (SSSR count). The van der Waals surface area contributed by atoms with E-state index in [2.05, 4.69) is 4.98 Å². The van der Waals surface area contributed by atoms with Gasteiger partial charge in [-0.3, -0.25) is 9.78 Å². The van der Waals surface area contributed by atoms with Crippen molar-refractivity contribution in [2.75, 3.05) is 24.7 Å². The number of hydrogen-bond donors (Lipinski definition) is 0. The van der Waals surface area contributed by atoms with Gasteiger partial charge in [0.15, 0.2) is 11.5 Å². The van der Waals surface area contributed by atoms with Crippen molar-refractivity contribution in [3.63, 3.8) is 0 Å². The number of aromatic nitrogens is 1. The number of nitrogens with zero attached hydrogens (tertiary/aromatic N) is 2. The summed E-state index contributed by atoms with van der Waals surface area (Å²) < 4.78 is 17.5. The predicted octanol–water partition coefficient (Wildman–Crippen LogP) is 3.08. The smallest absolute Gasteiger partial charge is 0.246 e. The van der Waals surface area contributed by atoms with Gasteiger partial charge < -0.3 is 19.1 Å². The monoisotopic (exact) mass is 386 g/mol. The van der Waals surface area contributed by atoms with E-state index in [4.69, 9.17) is 14.2 Å². The average Bonchev–Trinajstić information content (AvgIpc) is 3.25. The van der Waals surface area contributed by atoms with Gasteiger partial charge in [-0.2, -0.15) is 0 Å². The lowest BCUT2D eigenvalue weighted by Gasteiger charge is -2.24. The number of ether oxygens (including phenoxy) is 3. The van der Waals surface area contributed by atoms with Crippen LogP contribution in [0.5, 0.6) is 17.2 Å². The van der Waals surface area contributed by atoms with E-state index in [0.717, 1.165) is 22.5 Å². The van der Waals surface area contributed by atoms with E-state index in [9.17, 15) is 4.79 Å². The second kappa shape index (κ2) is 5.98. The second-order valence-electron chi connectivity index (χ2n) is 7.42. The fraction of sp³-hybridized carbons (Fsp3) is 0.217. The summed E-state index contributed by atoms with van der Waals surface area (Å²) in [6.07, 6.45) is 1.75. The van der Waals surface area contributed by atoms with Crippen molar-refractivity contribution >= 4 is 11.6 Å². The van der Waals surface area contributed by atoms with Gasteiger partial charge in [0.2, 0.25) is 5.91 Å². The molecule has 1 amide bonds. The Bertz CT molecular complexity index is 1130. The molecule has 4 heterocycles. The predicted molar refractivity (Wildman–Crippen MR) is 106 cm³/mol. The van der Waals surface area contributed by atoms with Crippen LogP contribution in [0.25, 0.3) is 0 Å². The van der Waals surface area contributed by atoms with Crippen LogP contribution in [0.1, 0.15) is 16.8 Å². The summed E-state index contributed by atoms with van der Waals surface area (Å²) in [5, 5.41) is 0. The van der Waals surface area contributed by atoms with E-state index >= 15 is 0 Å².